The smallest absolute Gasteiger partial charge is 0.0399 e. The third-order valence-electron chi connectivity index (χ3n) is 4.39. The highest BCUT2D eigenvalue weighted by atomic mass is 32.1. The van der Waals surface area contributed by atoms with Gasteiger partial charge in [-0.3, -0.25) is 0 Å². The molecule has 0 bridgehead atoms. The number of hydrogen-bond acceptors (Lipinski definition) is 2. The van der Waals surface area contributed by atoms with Crippen LogP contribution in [-0.4, -0.2) is 0 Å². The van der Waals surface area contributed by atoms with Crippen molar-refractivity contribution >= 4 is 37.6 Å². The number of allylic oxidation sites excluding steroid dienone is 3. The van der Waals surface area contributed by atoms with E-state index in [2.05, 4.69) is 73.8 Å². The van der Waals surface area contributed by atoms with Crippen LogP contribution in [0.15, 0.2) is 66.5 Å². The summed E-state index contributed by atoms with van der Waals surface area (Å²) in [6.45, 7) is 4.40. The molecule has 1 aliphatic rings. The van der Waals surface area contributed by atoms with Gasteiger partial charge >= 0.3 is 0 Å². The van der Waals surface area contributed by atoms with E-state index < -0.39 is 0 Å². The zero-order valence-corrected chi connectivity index (χ0v) is 14.2. The van der Waals surface area contributed by atoms with Crippen molar-refractivity contribution in [3.05, 3.63) is 77.7 Å². The van der Waals surface area contributed by atoms with Gasteiger partial charge in [-0.2, -0.15) is 0 Å². The predicted octanol–water partition coefficient (Wildman–Crippen LogP) is 6.19. The van der Waals surface area contributed by atoms with Gasteiger partial charge in [-0.05, 0) is 35.8 Å². The highest BCUT2D eigenvalue weighted by Gasteiger charge is 2.15. The minimum Gasteiger partial charge on any atom is -0.367 e. The second-order valence-electron chi connectivity index (χ2n) is 6.08. The molecular formula is C21H19NS. The van der Waals surface area contributed by atoms with E-state index in [0.29, 0.717) is 5.92 Å². The van der Waals surface area contributed by atoms with Crippen LogP contribution in [0.5, 0.6) is 0 Å². The lowest BCUT2D eigenvalue weighted by molar-refractivity contribution is 0.974. The fraction of sp³-hybridized carbons (Fsp3) is 0.143. The molecule has 1 nitrogen and oxygen atoms in total. The number of fused-ring (bicyclic) bond motifs is 5. The summed E-state index contributed by atoms with van der Waals surface area (Å²) < 4.78 is 2.77. The molecule has 1 N–H and O–H groups in total. The summed E-state index contributed by atoms with van der Waals surface area (Å²) in [6.07, 6.45) is 10.7. The van der Waals surface area contributed by atoms with Gasteiger partial charge in [0.25, 0.3) is 0 Å². The molecule has 1 unspecified atom stereocenters. The second-order valence-corrected chi connectivity index (χ2v) is 7.13. The third-order valence-corrected chi connectivity index (χ3v) is 5.61. The predicted molar refractivity (Wildman–Crippen MR) is 103 cm³/mol. The molecule has 0 saturated heterocycles. The van der Waals surface area contributed by atoms with Crippen molar-refractivity contribution in [1.82, 2.24) is 5.32 Å². The second kappa shape index (κ2) is 5.71. The lowest BCUT2D eigenvalue weighted by Gasteiger charge is -2.14. The standard InChI is InChI=1S/C21H19NS/c1-14-7-8-15(2)20-16(11-12-22-13-14)9-10-18-17-5-3-4-6-19(17)23-21(18)20/h3-13,15,22H,1-2H3/b8-7-,12-11-,14-13-. The van der Waals surface area contributed by atoms with E-state index in [1.807, 2.05) is 23.7 Å². The van der Waals surface area contributed by atoms with Gasteiger partial charge in [0.1, 0.15) is 0 Å². The molecule has 2 heteroatoms. The molecule has 23 heavy (non-hydrogen) atoms. The lowest BCUT2D eigenvalue weighted by atomic mass is 9.92. The van der Waals surface area contributed by atoms with Crippen LogP contribution in [0.25, 0.3) is 26.2 Å². The van der Waals surface area contributed by atoms with Crippen molar-refractivity contribution in [3.8, 4) is 0 Å². The Balaban J connectivity index is 2.03. The van der Waals surface area contributed by atoms with Crippen LogP contribution in [-0.2, 0) is 0 Å². The molecule has 0 saturated carbocycles. The molecule has 0 fully saturated rings. The summed E-state index contributed by atoms with van der Waals surface area (Å²) >= 11 is 1.91. The van der Waals surface area contributed by atoms with E-state index >= 15 is 0 Å². The molecule has 0 amide bonds. The van der Waals surface area contributed by atoms with Gasteiger partial charge in [0.2, 0.25) is 0 Å². The minimum absolute atomic E-state index is 0.382. The highest BCUT2D eigenvalue weighted by Crippen LogP contribution is 2.40. The highest BCUT2D eigenvalue weighted by molar-refractivity contribution is 7.26. The Morgan fingerprint density at radius 3 is 2.78 bits per heavy atom. The number of benzene rings is 2. The number of rotatable bonds is 0. The van der Waals surface area contributed by atoms with E-state index in [4.69, 9.17) is 0 Å². The first-order valence-corrected chi connectivity index (χ1v) is 8.77. The van der Waals surface area contributed by atoms with Crippen molar-refractivity contribution < 1.29 is 0 Å². The largest absolute Gasteiger partial charge is 0.367 e. The average molecular weight is 317 g/mol. The first-order valence-electron chi connectivity index (χ1n) is 7.96. The van der Waals surface area contributed by atoms with Gasteiger partial charge < -0.3 is 5.32 Å². The summed E-state index contributed by atoms with van der Waals surface area (Å²) in [5, 5.41) is 5.98. The molecule has 114 valence electrons. The van der Waals surface area contributed by atoms with Gasteiger partial charge in [0.15, 0.2) is 0 Å². The Hall–Kier alpha value is -2.32. The molecule has 1 aromatic heterocycles. The van der Waals surface area contributed by atoms with Crippen LogP contribution in [0.2, 0.25) is 0 Å². The Labute approximate surface area is 140 Å². The molecule has 2 aromatic carbocycles. The first kappa shape index (κ1) is 14.3. The van der Waals surface area contributed by atoms with Crippen molar-refractivity contribution in [2.45, 2.75) is 19.8 Å². The molecule has 1 aliphatic heterocycles. The maximum absolute atomic E-state index is 3.24. The Morgan fingerprint density at radius 2 is 1.87 bits per heavy atom. The molecule has 1 atom stereocenters. The van der Waals surface area contributed by atoms with Crippen LogP contribution in [0, 0.1) is 0 Å². The van der Waals surface area contributed by atoms with E-state index in [-0.39, 0.29) is 0 Å². The first-order chi connectivity index (χ1) is 11.2. The maximum Gasteiger partial charge on any atom is 0.0399 e. The Kier molecular flexibility index (Phi) is 3.55. The van der Waals surface area contributed by atoms with Gasteiger partial charge in [-0.1, -0.05) is 49.4 Å². The van der Waals surface area contributed by atoms with Crippen molar-refractivity contribution in [2.24, 2.45) is 0 Å². The molecule has 2 heterocycles. The molecule has 0 spiro atoms. The van der Waals surface area contributed by atoms with Gasteiger partial charge in [0.05, 0.1) is 0 Å². The van der Waals surface area contributed by atoms with Crippen molar-refractivity contribution in [2.75, 3.05) is 0 Å². The summed E-state index contributed by atoms with van der Waals surface area (Å²) in [6, 6.07) is 13.2. The van der Waals surface area contributed by atoms with E-state index in [0.717, 1.165) is 0 Å². The average Bonchev–Trinajstić information content (AvgIpc) is 2.94. The minimum atomic E-state index is 0.382. The third kappa shape index (κ3) is 2.49. The van der Waals surface area contributed by atoms with Crippen LogP contribution >= 0.6 is 11.3 Å². The van der Waals surface area contributed by atoms with Crippen LogP contribution in [0.3, 0.4) is 0 Å². The quantitative estimate of drug-likeness (QED) is 0.521. The summed E-state index contributed by atoms with van der Waals surface area (Å²) in [7, 11) is 0. The normalized spacial score (nSPS) is 22.9. The van der Waals surface area contributed by atoms with E-state index in [9.17, 15) is 0 Å². The maximum atomic E-state index is 3.24. The van der Waals surface area contributed by atoms with Crippen molar-refractivity contribution in [3.63, 3.8) is 0 Å². The Bertz CT molecular complexity index is 972. The number of hydrogen-bond donors (Lipinski definition) is 1. The fourth-order valence-electron chi connectivity index (χ4n) is 3.20. The van der Waals surface area contributed by atoms with Crippen LogP contribution in [0.4, 0.5) is 0 Å². The molecule has 0 aliphatic carbocycles. The molecule has 4 rings (SSSR count). The van der Waals surface area contributed by atoms with Gasteiger partial charge in [0, 0.05) is 38.5 Å². The van der Waals surface area contributed by atoms with Crippen LogP contribution < -0.4 is 5.32 Å². The number of thiophene rings is 1. The molecule has 0 radical (unpaired) electrons. The van der Waals surface area contributed by atoms with E-state index in [1.165, 1.54) is 36.9 Å². The zero-order chi connectivity index (χ0) is 15.8. The van der Waals surface area contributed by atoms with Crippen LogP contribution in [0.1, 0.15) is 30.9 Å². The summed E-state index contributed by atoms with van der Waals surface area (Å²) in [5.41, 5.74) is 3.95. The summed E-state index contributed by atoms with van der Waals surface area (Å²) in [5.74, 6) is 0.382. The lowest BCUT2D eigenvalue weighted by Crippen LogP contribution is -1.99. The van der Waals surface area contributed by atoms with Crippen molar-refractivity contribution in [1.29, 1.82) is 0 Å². The number of nitrogens with one attached hydrogen (secondary N) is 1. The Morgan fingerprint density at radius 1 is 1.00 bits per heavy atom. The SMILES string of the molecule is CC1=C/N/C=C\c2ccc3c(sc4ccccc43)c2C(C)/C=C\1. The van der Waals surface area contributed by atoms with E-state index in [1.54, 1.807) is 0 Å². The molecular weight excluding hydrogens is 298 g/mol. The fourth-order valence-corrected chi connectivity index (χ4v) is 4.55. The monoisotopic (exact) mass is 317 g/mol. The van der Waals surface area contributed by atoms with Gasteiger partial charge in [-0.25, -0.2) is 0 Å². The molecule has 3 aromatic rings. The van der Waals surface area contributed by atoms with Gasteiger partial charge in [-0.15, -0.1) is 11.3 Å². The topological polar surface area (TPSA) is 12.0 Å². The zero-order valence-electron chi connectivity index (χ0n) is 13.3. The summed E-state index contributed by atoms with van der Waals surface area (Å²) in [4.78, 5) is 0.